The third-order valence-electron chi connectivity index (χ3n) is 4.33. The molecule has 0 atom stereocenters. The lowest BCUT2D eigenvalue weighted by atomic mass is 10.1. The number of benzene rings is 1. The molecule has 1 N–H and O–H groups in total. The Balaban J connectivity index is 1.97. The van der Waals surface area contributed by atoms with E-state index in [4.69, 9.17) is 5.11 Å². The van der Waals surface area contributed by atoms with Crippen LogP contribution in [0, 0.1) is 5.82 Å². The van der Waals surface area contributed by atoms with E-state index in [1.165, 1.54) is 24.3 Å². The number of carboxylic acid groups (broad SMARTS) is 1. The molecule has 0 aliphatic carbocycles. The van der Waals surface area contributed by atoms with E-state index < -0.39 is 23.6 Å². The molecule has 7 nitrogen and oxygen atoms in total. The van der Waals surface area contributed by atoms with Gasteiger partial charge in [-0.1, -0.05) is 25.0 Å². The second-order valence-corrected chi connectivity index (χ2v) is 6.49. The van der Waals surface area contributed by atoms with Gasteiger partial charge in [-0.3, -0.25) is 19.2 Å². The molecule has 27 heavy (non-hydrogen) atoms. The maximum absolute atomic E-state index is 13.1. The Bertz CT molecular complexity index is 689. The molecule has 0 radical (unpaired) electrons. The number of halogens is 1. The van der Waals surface area contributed by atoms with Gasteiger partial charge in [0.2, 0.25) is 17.7 Å². The molecule has 1 aliphatic heterocycles. The molecule has 0 unspecified atom stereocenters. The van der Waals surface area contributed by atoms with Gasteiger partial charge in [-0.25, -0.2) is 9.40 Å². The first kappa shape index (κ1) is 20.5. The number of imide groups is 1. The number of amides is 3. The Kier molecular flexibility index (Phi) is 7.45. The molecule has 146 valence electrons. The molecular formula is C19H23FN2O5. The number of carbonyl (C=O) groups excluding carboxylic acids is 3. The van der Waals surface area contributed by atoms with E-state index in [9.17, 15) is 23.6 Å². The minimum absolute atomic E-state index is 0.00953. The van der Waals surface area contributed by atoms with Crippen molar-refractivity contribution < 1.29 is 28.7 Å². The van der Waals surface area contributed by atoms with Crippen LogP contribution in [-0.4, -0.2) is 38.8 Å². The van der Waals surface area contributed by atoms with Gasteiger partial charge in [0.25, 0.3) is 0 Å². The molecule has 1 fully saturated rings. The van der Waals surface area contributed by atoms with E-state index >= 15 is 0 Å². The van der Waals surface area contributed by atoms with Crippen LogP contribution >= 0.6 is 0 Å². The van der Waals surface area contributed by atoms with E-state index in [0.29, 0.717) is 31.2 Å². The van der Waals surface area contributed by atoms with Gasteiger partial charge in [-0.15, -0.1) is 0 Å². The Morgan fingerprint density at radius 1 is 0.963 bits per heavy atom. The Labute approximate surface area is 156 Å². The third kappa shape index (κ3) is 6.16. The number of carbonyl (C=O) groups is 4. The smallest absolute Gasteiger partial charge is 0.303 e. The van der Waals surface area contributed by atoms with Crippen LogP contribution < -0.4 is 0 Å². The van der Waals surface area contributed by atoms with Crippen LogP contribution in [0.3, 0.4) is 0 Å². The monoisotopic (exact) mass is 378 g/mol. The maximum atomic E-state index is 13.1. The summed E-state index contributed by atoms with van der Waals surface area (Å²) in [6, 6.07) is 5.53. The van der Waals surface area contributed by atoms with Gasteiger partial charge < -0.3 is 5.11 Å². The SMILES string of the molecule is O=C(O)CCCCCCC(=O)N(Cc1ccc(F)cc1)N1C(=O)CCC1=O. The lowest BCUT2D eigenvalue weighted by Gasteiger charge is -2.30. The Morgan fingerprint density at radius 3 is 2.07 bits per heavy atom. The van der Waals surface area contributed by atoms with Gasteiger partial charge in [-0.05, 0) is 30.5 Å². The van der Waals surface area contributed by atoms with Gasteiger partial charge in [0, 0.05) is 25.7 Å². The molecule has 0 aromatic heterocycles. The van der Waals surface area contributed by atoms with Crippen molar-refractivity contribution in [1.29, 1.82) is 0 Å². The first-order chi connectivity index (χ1) is 12.9. The number of hydrogen-bond donors (Lipinski definition) is 1. The Morgan fingerprint density at radius 2 is 1.52 bits per heavy atom. The summed E-state index contributed by atoms with van der Waals surface area (Å²) in [6.45, 7) is 0.00953. The van der Waals surface area contributed by atoms with Crippen LogP contribution in [0.4, 0.5) is 4.39 Å². The second-order valence-electron chi connectivity index (χ2n) is 6.49. The van der Waals surface area contributed by atoms with Gasteiger partial charge in [0.15, 0.2) is 0 Å². The Hall–Kier alpha value is -2.77. The summed E-state index contributed by atoms with van der Waals surface area (Å²) >= 11 is 0. The highest BCUT2D eigenvalue weighted by atomic mass is 19.1. The quantitative estimate of drug-likeness (QED) is 0.499. The van der Waals surface area contributed by atoms with Crippen molar-refractivity contribution in [3.8, 4) is 0 Å². The van der Waals surface area contributed by atoms with Gasteiger partial charge in [0.1, 0.15) is 5.82 Å². The summed E-state index contributed by atoms with van der Waals surface area (Å²) in [4.78, 5) is 47.2. The third-order valence-corrected chi connectivity index (χ3v) is 4.33. The molecule has 0 bridgehead atoms. The molecular weight excluding hydrogens is 355 g/mol. The summed E-state index contributed by atoms with van der Waals surface area (Å²) in [5.41, 5.74) is 0.610. The van der Waals surface area contributed by atoms with Crippen molar-refractivity contribution >= 4 is 23.7 Å². The molecule has 2 rings (SSSR count). The highest BCUT2D eigenvalue weighted by molar-refractivity contribution is 6.03. The predicted octanol–water partition coefficient (Wildman–Crippen LogP) is 2.64. The first-order valence-corrected chi connectivity index (χ1v) is 9.01. The molecule has 1 heterocycles. The van der Waals surface area contributed by atoms with Crippen molar-refractivity contribution in [3.05, 3.63) is 35.6 Å². The number of rotatable bonds is 10. The fourth-order valence-electron chi connectivity index (χ4n) is 2.90. The first-order valence-electron chi connectivity index (χ1n) is 9.01. The topological polar surface area (TPSA) is 95.0 Å². The molecule has 0 saturated carbocycles. The van der Waals surface area contributed by atoms with Gasteiger partial charge in [-0.2, -0.15) is 5.01 Å². The lowest BCUT2D eigenvalue weighted by Crippen LogP contribution is -2.48. The normalized spacial score (nSPS) is 13.9. The van der Waals surface area contributed by atoms with Crippen LogP contribution in [-0.2, 0) is 25.7 Å². The van der Waals surface area contributed by atoms with E-state index in [-0.39, 0.29) is 38.1 Å². The van der Waals surface area contributed by atoms with Crippen molar-refractivity contribution in [2.24, 2.45) is 0 Å². The van der Waals surface area contributed by atoms with Crippen LogP contribution in [0.25, 0.3) is 0 Å². The fourth-order valence-corrected chi connectivity index (χ4v) is 2.90. The predicted molar refractivity (Wildman–Crippen MR) is 93.4 cm³/mol. The summed E-state index contributed by atoms with van der Waals surface area (Å²) in [5, 5.41) is 10.6. The van der Waals surface area contributed by atoms with E-state index in [1.54, 1.807) is 0 Å². The van der Waals surface area contributed by atoms with Crippen LogP contribution in [0.5, 0.6) is 0 Å². The maximum Gasteiger partial charge on any atom is 0.303 e. The zero-order valence-electron chi connectivity index (χ0n) is 15.0. The number of carboxylic acids is 1. The molecule has 1 aliphatic rings. The number of hydrazine groups is 1. The molecule has 1 saturated heterocycles. The van der Waals surface area contributed by atoms with E-state index in [0.717, 1.165) is 10.0 Å². The number of unbranched alkanes of at least 4 members (excludes halogenated alkanes) is 3. The van der Waals surface area contributed by atoms with Crippen LogP contribution in [0.1, 0.15) is 56.9 Å². The molecule has 0 spiro atoms. The lowest BCUT2D eigenvalue weighted by molar-refractivity contribution is -0.169. The largest absolute Gasteiger partial charge is 0.481 e. The molecule has 8 heteroatoms. The average molecular weight is 378 g/mol. The number of nitrogens with zero attached hydrogens (tertiary/aromatic N) is 2. The van der Waals surface area contributed by atoms with Crippen molar-refractivity contribution in [2.75, 3.05) is 0 Å². The molecule has 1 aromatic carbocycles. The molecule has 3 amide bonds. The van der Waals surface area contributed by atoms with Crippen molar-refractivity contribution in [3.63, 3.8) is 0 Å². The fraction of sp³-hybridized carbons (Fsp3) is 0.474. The van der Waals surface area contributed by atoms with Gasteiger partial charge >= 0.3 is 5.97 Å². The van der Waals surface area contributed by atoms with E-state index in [2.05, 4.69) is 0 Å². The average Bonchev–Trinajstić information content (AvgIpc) is 2.95. The van der Waals surface area contributed by atoms with Gasteiger partial charge in [0.05, 0.1) is 6.54 Å². The highest BCUT2D eigenvalue weighted by Gasteiger charge is 2.36. The van der Waals surface area contributed by atoms with Crippen molar-refractivity contribution in [2.45, 2.75) is 57.9 Å². The molecule has 1 aromatic rings. The summed E-state index contributed by atoms with van der Waals surface area (Å²) in [5.74, 6) is -2.45. The van der Waals surface area contributed by atoms with Crippen molar-refractivity contribution in [1.82, 2.24) is 10.0 Å². The second kappa shape index (κ2) is 9.80. The zero-order valence-corrected chi connectivity index (χ0v) is 15.0. The summed E-state index contributed by atoms with van der Waals surface area (Å²) in [7, 11) is 0. The number of aliphatic carboxylic acids is 1. The minimum atomic E-state index is -0.845. The number of hydrogen-bond acceptors (Lipinski definition) is 4. The summed E-state index contributed by atoms with van der Waals surface area (Å²) in [6.07, 6.45) is 2.85. The minimum Gasteiger partial charge on any atom is -0.481 e. The van der Waals surface area contributed by atoms with Crippen LogP contribution in [0.15, 0.2) is 24.3 Å². The summed E-state index contributed by atoms with van der Waals surface area (Å²) < 4.78 is 13.1. The highest BCUT2D eigenvalue weighted by Crippen LogP contribution is 2.20. The standard InChI is InChI=1S/C19H23FN2O5/c20-15-9-7-14(8-10-15)13-21(22-17(24)11-12-18(22)25)16(23)5-3-1-2-4-6-19(26)27/h7-10H,1-6,11-13H2,(H,26,27). The zero-order chi connectivity index (χ0) is 19.8. The van der Waals surface area contributed by atoms with Crippen LogP contribution in [0.2, 0.25) is 0 Å². The van der Waals surface area contributed by atoms with E-state index in [1.807, 2.05) is 0 Å².